The Morgan fingerprint density at radius 1 is 1.00 bits per heavy atom. The lowest BCUT2D eigenvalue weighted by Crippen LogP contribution is -2.53. The van der Waals surface area contributed by atoms with Crippen LogP contribution in [0.3, 0.4) is 0 Å². The Morgan fingerprint density at radius 2 is 1.62 bits per heavy atom. The Hall–Kier alpha value is -2.42. The van der Waals surface area contributed by atoms with E-state index in [2.05, 4.69) is 5.32 Å². The quantitative estimate of drug-likeness (QED) is 0.474. The summed E-state index contributed by atoms with van der Waals surface area (Å²) in [6.45, 7) is 5.64. The highest BCUT2D eigenvalue weighted by Crippen LogP contribution is 2.18. The first-order valence-corrected chi connectivity index (χ1v) is 13.3. The second kappa shape index (κ2) is 12.9. The fraction of sp³-hybridized carbons (Fsp3) is 0.440. The van der Waals surface area contributed by atoms with Gasteiger partial charge in [0.1, 0.15) is 6.04 Å². The standard InChI is InChI=1S/C25H34ClN3O4S/c1-5-19(3)27-25(31)23(6-2)29(17-16-20-10-8-7-9-11-20)24(30)18-28(4)34(32,33)22-14-12-21(26)13-15-22/h7-15,19,23H,5-6,16-18H2,1-4H3,(H,27,31). The lowest BCUT2D eigenvalue weighted by atomic mass is 10.1. The van der Waals surface area contributed by atoms with Crippen LogP contribution in [0.2, 0.25) is 5.02 Å². The summed E-state index contributed by atoms with van der Waals surface area (Å²) in [4.78, 5) is 27.9. The molecule has 1 N–H and O–H groups in total. The SMILES string of the molecule is CCC(C)NC(=O)C(CC)N(CCc1ccccc1)C(=O)CN(C)S(=O)(=O)c1ccc(Cl)cc1. The van der Waals surface area contributed by atoms with Gasteiger partial charge < -0.3 is 10.2 Å². The minimum atomic E-state index is -3.90. The number of amides is 2. The van der Waals surface area contributed by atoms with E-state index in [1.165, 1.54) is 36.2 Å². The normalized spacial score (nSPS) is 13.4. The maximum Gasteiger partial charge on any atom is 0.243 e. The predicted octanol–water partition coefficient (Wildman–Crippen LogP) is 3.73. The van der Waals surface area contributed by atoms with Gasteiger partial charge in [0.15, 0.2) is 0 Å². The predicted molar refractivity (Wildman–Crippen MR) is 135 cm³/mol. The molecule has 2 aromatic carbocycles. The third kappa shape index (κ3) is 7.55. The van der Waals surface area contributed by atoms with Crippen LogP contribution in [0.5, 0.6) is 0 Å². The van der Waals surface area contributed by atoms with Crippen molar-refractivity contribution in [2.24, 2.45) is 0 Å². The van der Waals surface area contributed by atoms with Crippen molar-refractivity contribution in [2.45, 2.75) is 57.0 Å². The number of rotatable bonds is 12. The van der Waals surface area contributed by atoms with E-state index in [4.69, 9.17) is 11.6 Å². The van der Waals surface area contributed by atoms with E-state index >= 15 is 0 Å². The van der Waals surface area contributed by atoms with Crippen molar-refractivity contribution in [1.29, 1.82) is 0 Å². The van der Waals surface area contributed by atoms with Gasteiger partial charge in [-0.15, -0.1) is 0 Å². The molecule has 34 heavy (non-hydrogen) atoms. The zero-order valence-electron chi connectivity index (χ0n) is 20.2. The summed E-state index contributed by atoms with van der Waals surface area (Å²) < 4.78 is 26.9. The average molecular weight is 508 g/mol. The van der Waals surface area contributed by atoms with Gasteiger partial charge in [-0.25, -0.2) is 8.42 Å². The van der Waals surface area contributed by atoms with E-state index in [9.17, 15) is 18.0 Å². The molecule has 0 saturated heterocycles. The van der Waals surface area contributed by atoms with E-state index in [-0.39, 0.29) is 23.4 Å². The second-order valence-corrected chi connectivity index (χ2v) is 10.8. The zero-order valence-corrected chi connectivity index (χ0v) is 21.8. The number of hydrogen-bond donors (Lipinski definition) is 1. The molecular weight excluding hydrogens is 474 g/mol. The van der Waals surface area contributed by atoms with Crippen LogP contribution in [0.4, 0.5) is 0 Å². The van der Waals surface area contributed by atoms with Crippen molar-refractivity contribution in [3.8, 4) is 0 Å². The summed E-state index contributed by atoms with van der Waals surface area (Å²) in [6.07, 6.45) is 1.73. The van der Waals surface area contributed by atoms with Crippen LogP contribution in [0.15, 0.2) is 59.5 Å². The minimum Gasteiger partial charge on any atom is -0.352 e. The smallest absolute Gasteiger partial charge is 0.243 e. The van der Waals surface area contributed by atoms with Crippen LogP contribution in [-0.4, -0.2) is 61.7 Å². The van der Waals surface area contributed by atoms with Crippen LogP contribution >= 0.6 is 11.6 Å². The third-order valence-electron chi connectivity index (χ3n) is 5.75. The number of likely N-dealkylation sites (N-methyl/N-ethyl adjacent to an activating group) is 1. The lowest BCUT2D eigenvalue weighted by Gasteiger charge is -2.32. The van der Waals surface area contributed by atoms with E-state index in [0.29, 0.717) is 24.4 Å². The van der Waals surface area contributed by atoms with Gasteiger partial charge in [-0.2, -0.15) is 4.31 Å². The minimum absolute atomic E-state index is 0.0272. The van der Waals surface area contributed by atoms with E-state index in [1.54, 1.807) is 0 Å². The third-order valence-corrected chi connectivity index (χ3v) is 7.82. The molecule has 2 atom stereocenters. The number of halogens is 1. The Balaban J connectivity index is 2.25. The highest BCUT2D eigenvalue weighted by atomic mass is 35.5. The first-order chi connectivity index (χ1) is 16.1. The number of nitrogens with one attached hydrogen (secondary N) is 1. The molecule has 0 fully saturated rings. The van der Waals surface area contributed by atoms with Crippen molar-refractivity contribution in [2.75, 3.05) is 20.1 Å². The van der Waals surface area contributed by atoms with Gasteiger partial charge >= 0.3 is 0 Å². The van der Waals surface area contributed by atoms with E-state index in [1.807, 2.05) is 51.1 Å². The summed E-state index contributed by atoms with van der Waals surface area (Å²) in [5.41, 5.74) is 1.03. The van der Waals surface area contributed by atoms with E-state index < -0.39 is 22.0 Å². The van der Waals surface area contributed by atoms with Crippen molar-refractivity contribution in [1.82, 2.24) is 14.5 Å². The second-order valence-electron chi connectivity index (χ2n) is 8.28. The number of sulfonamides is 1. The molecule has 0 saturated carbocycles. The molecular formula is C25H34ClN3O4S. The van der Waals surface area contributed by atoms with Crippen molar-refractivity contribution in [3.05, 3.63) is 65.2 Å². The number of benzene rings is 2. The Labute approximate surface area is 208 Å². The fourth-order valence-corrected chi connectivity index (χ4v) is 4.74. The Morgan fingerprint density at radius 3 is 2.18 bits per heavy atom. The number of nitrogens with zero attached hydrogens (tertiary/aromatic N) is 2. The monoisotopic (exact) mass is 507 g/mol. The van der Waals surface area contributed by atoms with Gasteiger partial charge in [-0.05, 0) is 56.0 Å². The van der Waals surface area contributed by atoms with Crippen LogP contribution < -0.4 is 5.32 Å². The molecule has 0 heterocycles. The molecule has 2 amide bonds. The highest BCUT2D eigenvalue weighted by molar-refractivity contribution is 7.89. The molecule has 9 heteroatoms. The summed E-state index contributed by atoms with van der Waals surface area (Å²) in [6, 6.07) is 14.7. The number of carbonyl (C=O) groups is 2. The van der Waals surface area contributed by atoms with Gasteiger partial charge in [-0.3, -0.25) is 9.59 Å². The molecule has 2 unspecified atom stereocenters. The maximum absolute atomic E-state index is 13.4. The van der Waals surface area contributed by atoms with Crippen LogP contribution in [0, 0.1) is 0 Å². The molecule has 2 aromatic rings. The summed E-state index contributed by atoms with van der Waals surface area (Å²) in [7, 11) is -2.54. The largest absolute Gasteiger partial charge is 0.352 e. The molecule has 186 valence electrons. The number of carbonyl (C=O) groups excluding carboxylic acids is 2. The molecule has 0 aliphatic heterocycles. The summed E-state index contributed by atoms with van der Waals surface area (Å²) in [5.74, 6) is -0.663. The van der Waals surface area contributed by atoms with Gasteiger partial charge in [-0.1, -0.05) is 55.8 Å². The molecule has 0 aliphatic rings. The Kier molecular flexibility index (Phi) is 10.5. The summed E-state index contributed by atoms with van der Waals surface area (Å²) in [5, 5.41) is 3.37. The van der Waals surface area contributed by atoms with Gasteiger partial charge in [0.2, 0.25) is 21.8 Å². The first kappa shape index (κ1) is 27.8. The van der Waals surface area contributed by atoms with Crippen molar-refractivity contribution < 1.29 is 18.0 Å². The maximum atomic E-state index is 13.4. The molecule has 2 rings (SSSR count). The van der Waals surface area contributed by atoms with Gasteiger partial charge in [0, 0.05) is 24.7 Å². The van der Waals surface area contributed by atoms with Crippen molar-refractivity contribution in [3.63, 3.8) is 0 Å². The zero-order chi connectivity index (χ0) is 25.3. The highest BCUT2D eigenvalue weighted by Gasteiger charge is 2.31. The van der Waals surface area contributed by atoms with Crippen LogP contribution in [-0.2, 0) is 26.0 Å². The van der Waals surface area contributed by atoms with Gasteiger partial charge in [0.25, 0.3) is 0 Å². The molecule has 0 spiro atoms. The van der Waals surface area contributed by atoms with Crippen LogP contribution in [0.1, 0.15) is 39.2 Å². The molecule has 0 radical (unpaired) electrons. The molecule has 0 bridgehead atoms. The van der Waals surface area contributed by atoms with Crippen LogP contribution in [0.25, 0.3) is 0 Å². The topological polar surface area (TPSA) is 86.8 Å². The van der Waals surface area contributed by atoms with E-state index in [0.717, 1.165) is 16.3 Å². The molecule has 0 aromatic heterocycles. The average Bonchev–Trinajstić information content (AvgIpc) is 2.82. The van der Waals surface area contributed by atoms with Crippen molar-refractivity contribution >= 4 is 33.4 Å². The lowest BCUT2D eigenvalue weighted by molar-refractivity contribution is -0.141. The molecule has 7 nitrogen and oxygen atoms in total. The Bertz CT molecular complexity index is 1050. The number of hydrogen-bond acceptors (Lipinski definition) is 4. The fourth-order valence-electron chi connectivity index (χ4n) is 3.49. The first-order valence-electron chi connectivity index (χ1n) is 11.5. The van der Waals surface area contributed by atoms with Gasteiger partial charge in [0.05, 0.1) is 11.4 Å². The molecule has 0 aliphatic carbocycles. The summed E-state index contributed by atoms with van der Waals surface area (Å²) >= 11 is 5.87.